The second-order valence-electron chi connectivity index (χ2n) is 2.84. The normalized spacial score (nSPS) is 9.94. The Labute approximate surface area is 96.9 Å². The molecule has 0 fully saturated rings. The standard InChI is InChI=1S/C9H12N2O4S/c1-11-6(8(13)15-3)4-10-9(11)16-5-7(12)14-2/h4H,5H2,1-3H3. The van der Waals surface area contributed by atoms with Gasteiger partial charge in [0.05, 0.1) is 26.2 Å². The molecule has 0 bridgehead atoms. The molecule has 1 aromatic rings. The Morgan fingerprint density at radius 2 is 2.12 bits per heavy atom. The number of aromatic nitrogens is 2. The molecule has 0 unspecified atom stereocenters. The van der Waals surface area contributed by atoms with E-state index in [4.69, 9.17) is 0 Å². The quantitative estimate of drug-likeness (QED) is 0.566. The molecule has 0 spiro atoms. The number of carbonyl (C=O) groups excluding carboxylic acids is 2. The van der Waals surface area contributed by atoms with Crippen LogP contribution in [0.25, 0.3) is 0 Å². The number of carbonyl (C=O) groups is 2. The Morgan fingerprint density at radius 1 is 1.44 bits per heavy atom. The lowest BCUT2D eigenvalue weighted by Gasteiger charge is -2.03. The predicted octanol–water partition coefficient (Wildman–Crippen LogP) is 0.472. The zero-order valence-electron chi connectivity index (χ0n) is 9.22. The minimum atomic E-state index is -0.458. The number of nitrogens with zero attached hydrogens (tertiary/aromatic N) is 2. The van der Waals surface area contributed by atoms with Crippen LogP contribution in [0.4, 0.5) is 0 Å². The fourth-order valence-corrected chi connectivity index (χ4v) is 1.79. The lowest BCUT2D eigenvalue weighted by Crippen LogP contribution is -2.09. The summed E-state index contributed by atoms with van der Waals surface area (Å²) in [5, 5.41) is 0.561. The zero-order valence-corrected chi connectivity index (χ0v) is 10.0. The van der Waals surface area contributed by atoms with Gasteiger partial charge >= 0.3 is 11.9 Å². The van der Waals surface area contributed by atoms with Gasteiger partial charge in [-0.1, -0.05) is 11.8 Å². The van der Waals surface area contributed by atoms with Gasteiger partial charge in [-0.15, -0.1) is 0 Å². The van der Waals surface area contributed by atoms with Crippen LogP contribution in [0, 0.1) is 0 Å². The summed E-state index contributed by atoms with van der Waals surface area (Å²) >= 11 is 1.20. The summed E-state index contributed by atoms with van der Waals surface area (Å²) in [5.41, 5.74) is 0.342. The van der Waals surface area contributed by atoms with Crippen LogP contribution < -0.4 is 0 Å². The van der Waals surface area contributed by atoms with Crippen molar-refractivity contribution < 1.29 is 19.1 Å². The van der Waals surface area contributed by atoms with Crippen LogP contribution in [0.5, 0.6) is 0 Å². The van der Waals surface area contributed by atoms with Gasteiger partial charge in [-0.05, 0) is 0 Å². The van der Waals surface area contributed by atoms with Crippen molar-refractivity contribution in [2.24, 2.45) is 7.05 Å². The van der Waals surface area contributed by atoms with Crippen LogP contribution in [0.15, 0.2) is 11.4 Å². The number of ether oxygens (including phenoxy) is 2. The minimum absolute atomic E-state index is 0.155. The topological polar surface area (TPSA) is 70.4 Å². The number of rotatable bonds is 4. The lowest BCUT2D eigenvalue weighted by atomic mass is 10.5. The van der Waals surface area contributed by atoms with Crippen molar-refractivity contribution in [3.8, 4) is 0 Å². The third kappa shape index (κ3) is 2.75. The SMILES string of the molecule is COC(=O)CSc1ncc(C(=O)OC)n1C. The highest BCUT2D eigenvalue weighted by Gasteiger charge is 2.15. The van der Waals surface area contributed by atoms with Gasteiger partial charge in [0.2, 0.25) is 0 Å². The van der Waals surface area contributed by atoms with E-state index in [1.807, 2.05) is 0 Å². The van der Waals surface area contributed by atoms with E-state index in [2.05, 4.69) is 14.5 Å². The summed E-state index contributed by atoms with van der Waals surface area (Å²) in [6, 6.07) is 0. The summed E-state index contributed by atoms with van der Waals surface area (Å²) < 4.78 is 10.6. The second kappa shape index (κ2) is 5.55. The van der Waals surface area contributed by atoms with Crippen LogP contribution in [-0.2, 0) is 21.3 Å². The van der Waals surface area contributed by atoms with Crippen LogP contribution in [-0.4, -0.2) is 41.5 Å². The lowest BCUT2D eigenvalue weighted by molar-refractivity contribution is -0.137. The van der Waals surface area contributed by atoms with Gasteiger partial charge in [-0.25, -0.2) is 9.78 Å². The van der Waals surface area contributed by atoms with E-state index >= 15 is 0 Å². The predicted molar refractivity (Wildman–Crippen MR) is 57.3 cm³/mol. The number of hydrogen-bond donors (Lipinski definition) is 0. The van der Waals surface area contributed by atoms with Crippen molar-refractivity contribution in [2.75, 3.05) is 20.0 Å². The highest BCUT2D eigenvalue weighted by atomic mass is 32.2. The number of hydrogen-bond acceptors (Lipinski definition) is 6. The average Bonchev–Trinajstić information content (AvgIpc) is 2.66. The first-order valence-corrected chi connectivity index (χ1v) is 5.38. The Morgan fingerprint density at radius 3 is 2.69 bits per heavy atom. The van der Waals surface area contributed by atoms with Crippen LogP contribution in [0.3, 0.4) is 0 Å². The molecule has 0 radical (unpaired) electrons. The third-order valence-corrected chi connectivity index (χ3v) is 2.90. The first-order chi connectivity index (χ1) is 7.60. The molecule has 16 heavy (non-hydrogen) atoms. The van der Waals surface area contributed by atoms with Gasteiger partial charge in [-0.3, -0.25) is 4.79 Å². The molecular formula is C9H12N2O4S. The van der Waals surface area contributed by atoms with Crippen LogP contribution in [0.1, 0.15) is 10.5 Å². The minimum Gasteiger partial charge on any atom is -0.468 e. The Balaban J connectivity index is 2.72. The molecule has 0 N–H and O–H groups in total. The van der Waals surface area contributed by atoms with Crippen molar-refractivity contribution in [3.05, 3.63) is 11.9 Å². The van der Waals surface area contributed by atoms with E-state index in [-0.39, 0.29) is 11.7 Å². The second-order valence-corrected chi connectivity index (χ2v) is 3.78. The smallest absolute Gasteiger partial charge is 0.356 e. The maximum Gasteiger partial charge on any atom is 0.356 e. The Hall–Kier alpha value is -1.50. The van der Waals surface area contributed by atoms with Crippen LogP contribution >= 0.6 is 11.8 Å². The molecule has 1 heterocycles. The maximum atomic E-state index is 11.3. The van der Waals surface area contributed by atoms with Gasteiger partial charge in [0.1, 0.15) is 5.69 Å². The molecule has 0 saturated carbocycles. The van der Waals surface area contributed by atoms with Crippen molar-refractivity contribution in [1.29, 1.82) is 0 Å². The number of thioether (sulfide) groups is 1. The Bertz CT molecular complexity index is 402. The largest absolute Gasteiger partial charge is 0.468 e. The van der Waals surface area contributed by atoms with Gasteiger partial charge in [-0.2, -0.15) is 0 Å². The average molecular weight is 244 g/mol. The van der Waals surface area contributed by atoms with Crippen molar-refractivity contribution in [2.45, 2.75) is 5.16 Å². The van der Waals surface area contributed by atoms with Crippen molar-refractivity contribution >= 4 is 23.7 Å². The van der Waals surface area contributed by atoms with Gasteiger partial charge < -0.3 is 14.0 Å². The highest BCUT2D eigenvalue weighted by molar-refractivity contribution is 7.99. The summed E-state index contributed by atoms with van der Waals surface area (Å²) in [5.74, 6) is -0.644. The van der Waals surface area contributed by atoms with Gasteiger partial charge in [0, 0.05) is 7.05 Å². The summed E-state index contributed by atoms with van der Waals surface area (Å²) in [6.45, 7) is 0. The fraction of sp³-hybridized carbons (Fsp3) is 0.444. The molecule has 0 aliphatic heterocycles. The number of imidazole rings is 1. The Kier molecular flexibility index (Phi) is 4.36. The molecule has 1 aromatic heterocycles. The molecule has 0 saturated heterocycles. The number of methoxy groups -OCH3 is 2. The monoisotopic (exact) mass is 244 g/mol. The summed E-state index contributed by atoms with van der Waals surface area (Å²) in [7, 11) is 4.30. The highest BCUT2D eigenvalue weighted by Crippen LogP contribution is 2.17. The molecule has 0 amide bonds. The third-order valence-electron chi connectivity index (χ3n) is 1.89. The van der Waals surface area contributed by atoms with E-state index in [9.17, 15) is 9.59 Å². The van der Waals surface area contributed by atoms with E-state index in [1.165, 1.54) is 32.2 Å². The van der Waals surface area contributed by atoms with Gasteiger partial charge in [0.25, 0.3) is 0 Å². The first kappa shape index (κ1) is 12.6. The fourth-order valence-electron chi connectivity index (χ4n) is 1.00. The summed E-state index contributed by atoms with van der Waals surface area (Å²) in [6.07, 6.45) is 1.41. The molecule has 6 nitrogen and oxygen atoms in total. The molecule has 0 aromatic carbocycles. The van der Waals surface area contributed by atoms with E-state index < -0.39 is 5.97 Å². The number of esters is 2. The molecular weight excluding hydrogens is 232 g/mol. The maximum absolute atomic E-state index is 11.3. The molecule has 1 rings (SSSR count). The molecule has 88 valence electrons. The molecule has 7 heteroatoms. The summed E-state index contributed by atoms with van der Waals surface area (Å²) in [4.78, 5) is 26.2. The molecule has 0 aliphatic rings. The van der Waals surface area contributed by atoms with E-state index in [0.717, 1.165) is 0 Å². The van der Waals surface area contributed by atoms with E-state index in [0.29, 0.717) is 10.9 Å². The first-order valence-electron chi connectivity index (χ1n) is 4.39. The van der Waals surface area contributed by atoms with E-state index in [1.54, 1.807) is 11.6 Å². The van der Waals surface area contributed by atoms with Crippen molar-refractivity contribution in [1.82, 2.24) is 9.55 Å². The van der Waals surface area contributed by atoms with Crippen LogP contribution in [0.2, 0.25) is 0 Å². The molecule has 0 atom stereocenters. The van der Waals surface area contributed by atoms with Gasteiger partial charge in [0.15, 0.2) is 5.16 Å². The zero-order chi connectivity index (χ0) is 12.1. The molecule has 0 aliphatic carbocycles. The van der Waals surface area contributed by atoms with Crippen molar-refractivity contribution in [3.63, 3.8) is 0 Å².